The van der Waals surface area contributed by atoms with Gasteiger partial charge in [0.1, 0.15) is 37.7 Å². The van der Waals surface area contributed by atoms with Crippen LogP contribution in [0.2, 0.25) is 0 Å². The predicted molar refractivity (Wildman–Crippen MR) is 87.7 cm³/mol. The molecule has 0 aromatic heterocycles. The zero-order chi connectivity index (χ0) is 16.1. The van der Waals surface area contributed by atoms with E-state index in [1.54, 1.807) is 0 Å². The van der Waals surface area contributed by atoms with Crippen LogP contribution in [0.3, 0.4) is 0 Å². The van der Waals surface area contributed by atoms with Gasteiger partial charge < -0.3 is 32.3 Å². The number of hydrogen-bond donors (Lipinski definition) is 2. The van der Waals surface area contributed by atoms with E-state index in [9.17, 15) is 5.11 Å². The molecule has 4 unspecified atom stereocenters. The summed E-state index contributed by atoms with van der Waals surface area (Å²) < 4.78 is 11.3. The zero-order valence-electron chi connectivity index (χ0n) is 13.7. The van der Waals surface area contributed by atoms with Crippen molar-refractivity contribution in [3.63, 3.8) is 0 Å². The van der Waals surface area contributed by atoms with E-state index in [0.717, 1.165) is 11.1 Å². The monoisotopic (exact) mass is 349 g/mol. The number of quaternary nitrogens is 1. The van der Waals surface area contributed by atoms with Crippen LogP contribution in [-0.2, 0) is 9.47 Å². The molecule has 24 heavy (non-hydrogen) atoms. The lowest BCUT2D eigenvalue weighted by molar-refractivity contribution is -0.739. The molecule has 0 radical (unpaired) electrons. The highest BCUT2D eigenvalue weighted by Gasteiger charge is 2.34. The van der Waals surface area contributed by atoms with Crippen molar-refractivity contribution in [1.29, 1.82) is 0 Å². The minimum atomic E-state index is -0.519. The lowest BCUT2D eigenvalue weighted by Gasteiger charge is -2.32. The Hall–Kier alpha value is -1.43. The van der Waals surface area contributed by atoms with Gasteiger partial charge in [0.05, 0.1) is 0 Å². The lowest BCUT2D eigenvalue weighted by Crippen LogP contribution is -3.00. The van der Waals surface area contributed by atoms with Gasteiger partial charge in [0.2, 0.25) is 0 Å². The fourth-order valence-corrected chi connectivity index (χ4v) is 3.11. The van der Waals surface area contributed by atoms with Crippen molar-refractivity contribution in [1.82, 2.24) is 0 Å². The van der Waals surface area contributed by atoms with Crippen LogP contribution in [0.15, 0.2) is 60.7 Å². The van der Waals surface area contributed by atoms with E-state index in [2.05, 4.69) is 17.4 Å². The second-order valence-electron chi connectivity index (χ2n) is 6.06. The van der Waals surface area contributed by atoms with Gasteiger partial charge in [-0.15, -0.1) is 0 Å². The summed E-state index contributed by atoms with van der Waals surface area (Å²) in [6.45, 7) is 2.97. The van der Waals surface area contributed by atoms with Gasteiger partial charge in [0.25, 0.3) is 0 Å². The van der Waals surface area contributed by atoms with Crippen molar-refractivity contribution in [3.8, 4) is 0 Å². The minimum absolute atomic E-state index is 0. The summed E-state index contributed by atoms with van der Waals surface area (Å²) in [6, 6.07) is 20.1. The fourth-order valence-electron chi connectivity index (χ4n) is 3.11. The van der Waals surface area contributed by atoms with Gasteiger partial charge in [-0.05, 0) is 18.1 Å². The molecule has 0 saturated carbocycles. The molecule has 1 aliphatic heterocycles. The standard InChI is InChI=1S/C19H23NO3.ClH/c1-14(18(21)15-8-4-2-5-9-15)20-17-12-22-13-23-19(17)16-10-6-3-7-11-16;/h2-11,14,17-21H,12-13H2,1H3;1H. The molecule has 0 aliphatic carbocycles. The third-order valence-electron chi connectivity index (χ3n) is 4.35. The number of aliphatic hydroxyl groups excluding tert-OH is 1. The van der Waals surface area contributed by atoms with Crippen LogP contribution in [-0.4, -0.2) is 30.6 Å². The number of ether oxygens (including phenoxy) is 2. The molecule has 2 aromatic rings. The van der Waals surface area contributed by atoms with Crippen LogP contribution in [0, 0.1) is 0 Å². The number of nitrogens with two attached hydrogens (primary N) is 1. The first-order valence-electron chi connectivity index (χ1n) is 8.08. The second-order valence-corrected chi connectivity index (χ2v) is 6.06. The molecule has 1 saturated heterocycles. The van der Waals surface area contributed by atoms with E-state index in [4.69, 9.17) is 9.47 Å². The van der Waals surface area contributed by atoms with Crippen molar-refractivity contribution >= 4 is 0 Å². The molecule has 1 fully saturated rings. The summed E-state index contributed by atoms with van der Waals surface area (Å²) in [4.78, 5) is 0. The first-order chi connectivity index (χ1) is 11.3. The Bertz CT molecular complexity index is 596. The molecule has 0 amide bonds. The summed E-state index contributed by atoms with van der Waals surface area (Å²) in [6.07, 6.45) is -0.537. The Morgan fingerprint density at radius 2 is 1.67 bits per heavy atom. The summed E-state index contributed by atoms with van der Waals surface area (Å²) in [7, 11) is 0. The third-order valence-corrected chi connectivity index (χ3v) is 4.35. The van der Waals surface area contributed by atoms with E-state index in [0.29, 0.717) is 13.4 Å². The van der Waals surface area contributed by atoms with Crippen molar-refractivity contribution in [2.24, 2.45) is 0 Å². The first kappa shape index (κ1) is 18.9. The molecular formula is C19H24ClNO3. The predicted octanol–water partition coefficient (Wildman–Crippen LogP) is -1.21. The number of aliphatic hydroxyl groups is 1. The van der Waals surface area contributed by atoms with Gasteiger partial charge in [0.15, 0.2) is 0 Å². The second kappa shape index (κ2) is 9.16. The Morgan fingerprint density at radius 1 is 1.04 bits per heavy atom. The quantitative estimate of drug-likeness (QED) is 0.712. The molecular weight excluding hydrogens is 326 g/mol. The van der Waals surface area contributed by atoms with Gasteiger partial charge in [-0.3, -0.25) is 0 Å². The highest BCUT2D eigenvalue weighted by atomic mass is 35.5. The Kier molecular flexibility index (Phi) is 7.21. The number of rotatable bonds is 5. The third kappa shape index (κ3) is 4.56. The van der Waals surface area contributed by atoms with Gasteiger partial charge in [-0.2, -0.15) is 0 Å². The highest BCUT2D eigenvalue weighted by Crippen LogP contribution is 2.23. The Morgan fingerprint density at radius 3 is 2.33 bits per heavy atom. The summed E-state index contributed by atoms with van der Waals surface area (Å²) in [5.74, 6) is 0. The molecule has 130 valence electrons. The number of hydrogen-bond acceptors (Lipinski definition) is 3. The molecule has 4 atom stereocenters. The summed E-state index contributed by atoms with van der Waals surface area (Å²) >= 11 is 0. The van der Waals surface area contributed by atoms with Crippen LogP contribution < -0.4 is 17.7 Å². The van der Waals surface area contributed by atoms with Gasteiger partial charge in [-0.25, -0.2) is 0 Å². The Balaban J connectivity index is 0.00000208. The fraction of sp³-hybridized carbons (Fsp3) is 0.368. The molecule has 3 rings (SSSR count). The summed E-state index contributed by atoms with van der Waals surface area (Å²) in [5.41, 5.74) is 2.09. The van der Waals surface area contributed by atoms with E-state index in [1.165, 1.54) is 0 Å². The maximum Gasteiger partial charge on any atom is 0.148 e. The normalized spacial score (nSPS) is 23.1. The first-order valence-corrected chi connectivity index (χ1v) is 8.08. The zero-order valence-corrected chi connectivity index (χ0v) is 14.5. The average molecular weight is 350 g/mol. The SMILES string of the molecule is CC([NH2+]C1COCOC1c1ccccc1)C(O)c1ccccc1.[Cl-]. The van der Waals surface area contributed by atoms with Crippen LogP contribution in [0.25, 0.3) is 0 Å². The molecule has 4 nitrogen and oxygen atoms in total. The van der Waals surface area contributed by atoms with Gasteiger partial charge in [-0.1, -0.05) is 60.7 Å². The minimum Gasteiger partial charge on any atom is -1.00 e. The van der Waals surface area contributed by atoms with Crippen molar-refractivity contribution in [3.05, 3.63) is 71.8 Å². The van der Waals surface area contributed by atoms with Gasteiger partial charge in [0, 0.05) is 0 Å². The topological polar surface area (TPSA) is 55.3 Å². The van der Waals surface area contributed by atoms with Crippen LogP contribution in [0.5, 0.6) is 0 Å². The van der Waals surface area contributed by atoms with Crippen LogP contribution in [0.1, 0.15) is 30.3 Å². The van der Waals surface area contributed by atoms with Crippen LogP contribution in [0.4, 0.5) is 0 Å². The molecule has 2 aromatic carbocycles. The molecule has 3 N–H and O–H groups in total. The largest absolute Gasteiger partial charge is 1.00 e. The van der Waals surface area contributed by atoms with E-state index in [-0.39, 0.29) is 30.6 Å². The highest BCUT2D eigenvalue weighted by molar-refractivity contribution is 5.19. The molecule has 0 spiro atoms. The van der Waals surface area contributed by atoms with E-state index < -0.39 is 6.10 Å². The lowest BCUT2D eigenvalue weighted by atomic mass is 9.98. The van der Waals surface area contributed by atoms with Crippen molar-refractivity contribution in [2.75, 3.05) is 13.4 Å². The molecule has 5 heteroatoms. The number of benzene rings is 2. The van der Waals surface area contributed by atoms with Crippen LogP contribution >= 0.6 is 0 Å². The van der Waals surface area contributed by atoms with E-state index >= 15 is 0 Å². The number of halogens is 1. The Labute approximate surface area is 149 Å². The van der Waals surface area contributed by atoms with E-state index in [1.807, 2.05) is 55.5 Å². The summed E-state index contributed by atoms with van der Waals surface area (Å²) in [5, 5.41) is 12.7. The average Bonchev–Trinajstić information content (AvgIpc) is 2.63. The maximum atomic E-state index is 10.6. The maximum absolute atomic E-state index is 10.6. The van der Waals surface area contributed by atoms with Crippen molar-refractivity contribution < 1.29 is 32.3 Å². The molecule has 1 heterocycles. The molecule has 1 aliphatic rings. The van der Waals surface area contributed by atoms with Gasteiger partial charge >= 0.3 is 0 Å². The smallest absolute Gasteiger partial charge is 0.148 e. The molecule has 0 bridgehead atoms. The van der Waals surface area contributed by atoms with Crippen molar-refractivity contribution in [2.45, 2.75) is 31.2 Å².